The van der Waals surface area contributed by atoms with Crippen LogP contribution in [0.1, 0.15) is 37.9 Å². The molecule has 1 aliphatic rings. The third-order valence-corrected chi connectivity index (χ3v) is 3.95. The lowest BCUT2D eigenvalue weighted by atomic mass is 9.80. The molecule has 0 radical (unpaired) electrons. The Kier molecular flexibility index (Phi) is 4.82. The van der Waals surface area contributed by atoms with Crippen molar-refractivity contribution in [3.05, 3.63) is 35.1 Å². The third-order valence-electron chi connectivity index (χ3n) is 3.95. The summed E-state index contributed by atoms with van der Waals surface area (Å²) in [6, 6.07) is 3.19. The van der Waals surface area contributed by atoms with Crippen LogP contribution in [0.3, 0.4) is 0 Å². The van der Waals surface area contributed by atoms with Gasteiger partial charge < -0.3 is 5.32 Å². The van der Waals surface area contributed by atoms with E-state index in [0.717, 1.165) is 38.3 Å². The molecule has 1 fully saturated rings. The highest BCUT2D eigenvalue weighted by Gasteiger charge is 2.37. The zero-order chi connectivity index (χ0) is 16.5. The SMILES string of the molecule is CC(C)(C)[C@H](c1ccc(F)c(C(F)(F)F)c1)N1CCNCC1. The summed E-state index contributed by atoms with van der Waals surface area (Å²) in [7, 11) is 0. The average Bonchev–Trinajstić information content (AvgIpc) is 2.39. The van der Waals surface area contributed by atoms with Crippen LogP contribution in [0.2, 0.25) is 0 Å². The maximum absolute atomic E-state index is 13.5. The minimum absolute atomic E-state index is 0.184. The monoisotopic (exact) mass is 318 g/mol. The van der Waals surface area contributed by atoms with Crippen molar-refractivity contribution < 1.29 is 17.6 Å². The lowest BCUT2D eigenvalue weighted by Crippen LogP contribution is -2.48. The number of nitrogens with zero attached hydrogens (tertiary/aromatic N) is 1. The summed E-state index contributed by atoms with van der Waals surface area (Å²) >= 11 is 0. The summed E-state index contributed by atoms with van der Waals surface area (Å²) in [6.45, 7) is 9.13. The minimum Gasteiger partial charge on any atom is -0.314 e. The van der Waals surface area contributed by atoms with Crippen molar-refractivity contribution in [1.82, 2.24) is 10.2 Å². The van der Waals surface area contributed by atoms with Gasteiger partial charge >= 0.3 is 6.18 Å². The summed E-state index contributed by atoms with van der Waals surface area (Å²) in [5.74, 6) is -1.22. The van der Waals surface area contributed by atoms with Crippen molar-refractivity contribution in [3.63, 3.8) is 0 Å². The van der Waals surface area contributed by atoms with Crippen LogP contribution in [0.4, 0.5) is 17.6 Å². The fourth-order valence-electron chi connectivity index (χ4n) is 3.13. The van der Waals surface area contributed by atoms with Gasteiger partial charge in [0.1, 0.15) is 5.82 Å². The van der Waals surface area contributed by atoms with E-state index < -0.39 is 17.6 Å². The molecule has 1 saturated heterocycles. The highest BCUT2D eigenvalue weighted by atomic mass is 19.4. The molecule has 0 bridgehead atoms. The molecule has 2 rings (SSSR count). The Balaban J connectivity index is 2.44. The molecule has 0 aliphatic carbocycles. The molecule has 2 nitrogen and oxygen atoms in total. The molecule has 0 unspecified atom stereocenters. The van der Waals surface area contributed by atoms with E-state index in [4.69, 9.17) is 0 Å². The predicted molar refractivity (Wildman–Crippen MR) is 78.0 cm³/mol. The van der Waals surface area contributed by atoms with Gasteiger partial charge in [-0.25, -0.2) is 4.39 Å². The first-order valence-electron chi connectivity index (χ1n) is 7.42. The van der Waals surface area contributed by atoms with Crippen molar-refractivity contribution in [2.75, 3.05) is 26.2 Å². The third kappa shape index (κ3) is 3.79. The van der Waals surface area contributed by atoms with Gasteiger partial charge in [-0.05, 0) is 23.1 Å². The predicted octanol–water partition coefficient (Wildman–Crippen LogP) is 3.84. The van der Waals surface area contributed by atoms with Crippen molar-refractivity contribution in [2.45, 2.75) is 33.0 Å². The van der Waals surface area contributed by atoms with E-state index in [9.17, 15) is 17.6 Å². The lowest BCUT2D eigenvalue weighted by molar-refractivity contribution is -0.140. The van der Waals surface area contributed by atoms with Crippen molar-refractivity contribution in [3.8, 4) is 0 Å². The number of nitrogens with one attached hydrogen (secondary N) is 1. The molecule has 1 aliphatic heterocycles. The summed E-state index contributed by atoms with van der Waals surface area (Å²) in [6.07, 6.45) is -4.67. The van der Waals surface area contributed by atoms with Gasteiger partial charge in [-0.3, -0.25) is 4.90 Å². The molecule has 0 spiro atoms. The van der Waals surface area contributed by atoms with Gasteiger partial charge in [0.15, 0.2) is 0 Å². The van der Waals surface area contributed by atoms with Gasteiger partial charge in [0.25, 0.3) is 0 Å². The normalized spacial score (nSPS) is 19.2. The number of hydrogen-bond donors (Lipinski definition) is 1. The standard InChI is InChI=1S/C16H22F4N2/c1-15(2,3)14(22-8-6-21-7-9-22)11-4-5-13(17)12(10-11)16(18,19)20/h4-5,10,14,21H,6-9H2,1-3H3/t14-/m0/s1. The molecule has 1 aromatic rings. The van der Waals surface area contributed by atoms with Crippen LogP contribution in [-0.4, -0.2) is 31.1 Å². The molecule has 124 valence electrons. The molecule has 0 amide bonds. The highest BCUT2D eigenvalue weighted by Crippen LogP contribution is 2.40. The number of piperazine rings is 1. The fraction of sp³-hybridized carbons (Fsp3) is 0.625. The first-order valence-corrected chi connectivity index (χ1v) is 7.42. The van der Waals surface area contributed by atoms with Gasteiger partial charge in [-0.2, -0.15) is 13.2 Å². The average molecular weight is 318 g/mol. The van der Waals surface area contributed by atoms with Crippen molar-refractivity contribution in [2.24, 2.45) is 5.41 Å². The zero-order valence-electron chi connectivity index (χ0n) is 13.1. The van der Waals surface area contributed by atoms with Crippen LogP contribution in [0.25, 0.3) is 0 Å². The van der Waals surface area contributed by atoms with E-state index in [0.29, 0.717) is 5.56 Å². The van der Waals surface area contributed by atoms with E-state index in [-0.39, 0.29) is 11.5 Å². The largest absolute Gasteiger partial charge is 0.419 e. The second-order valence-corrected chi connectivity index (χ2v) is 6.79. The van der Waals surface area contributed by atoms with Crippen LogP contribution in [0, 0.1) is 11.2 Å². The number of benzene rings is 1. The van der Waals surface area contributed by atoms with Gasteiger partial charge in [-0.15, -0.1) is 0 Å². The molecule has 6 heteroatoms. The smallest absolute Gasteiger partial charge is 0.314 e. The summed E-state index contributed by atoms with van der Waals surface area (Å²) in [5.41, 5.74) is -0.921. The molecule has 1 aromatic carbocycles. The number of alkyl halides is 3. The van der Waals surface area contributed by atoms with Crippen LogP contribution < -0.4 is 5.32 Å². The minimum atomic E-state index is -4.67. The quantitative estimate of drug-likeness (QED) is 0.834. The Bertz CT molecular complexity index is 514. The van der Waals surface area contributed by atoms with Crippen molar-refractivity contribution in [1.29, 1.82) is 0 Å². The molecular weight excluding hydrogens is 296 g/mol. The second-order valence-electron chi connectivity index (χ2n) is 6.79. The Morgan fingerprint density at radius 2 is 1.68 bits per heavy atom. The van der Waals surface area contributed by atoms with Crippen molar-refractivity contribution >= 4 is 0 Å². The lowest BCUT2D eigenvalue weighted by Gasteiger charge is -2.42. The van der Waals surface area contributed by atoms with Gasteiger partial charge in [-0.1, -0.05) is 26.8 Å². The highest BCUT2D eigenvalue weighted by molar-refractivity contribution is 5.30. The first-order chi connectivity index (χ1) is 10.1. The molecule has 1 atom stereocenters. The van der Waals surface area contributed by atoms with Gasteiger partial charge in [0.2, 0.25) is 0 Å². The first kappa shape index (κ1) is 17.2. The maximum Gasteiger partial charge on any atom is 0.419 e. The van der Waals surface area contributed by atoms with E-state index in [1.165, 1.54) is 6.07 Å². The molecule has 0 aromatic heterocycles. The summed E-state index contributed by atoms with van der Waals surface area (Å²) in [4.78, 5) is 2.17. The Morgan fingerprint density at radius 1 is 1.09 bits per heavy atom. The molecule has 1 heterocycles. The van der Waals surface area contributed by atoms with E-state index in [1.54, 1.807) is 0 Å². The molecule has 1 N–H and O–H groups in total. The van der Waals surface area contributed by atoms with E-state index >= 15 is 0 Å². The zero-order valence-corrected chi connectivity index (χ0v) is 13.1. The number of halogens is 4. The Morgan fingerprint density at radius 3 is 2.18 bits per heavy atom. The molecule has 0 saturated carbocycles. The number of hydrogen-bond acceptors (Lipinski definition) is 2. The molecule has 22 heavy (non-hydrogen) atoms. The van der Waals surface area contributed by atoms with E-state index in [2.05, 4.69) is 10.2 Å². The van der Waals surface area contributed by atoms with E-state index in [1.807, 2.05) is 20.8 Å². The molecular formula is C16H22F4N2. The second kappa shape index (κ2) is 6.16. The summed E-state index contributed by atoms with van der Waals surface area (Å²) < 4.78 is 52.4. The maximum atomic E-state index is 13.5. The summed E-state index contributed by atoms with van der Waals surface area (Å²) in [5, 5.41) is 3.24. The van der Waals surface area contributed by atoms with Crippen LogP contribution in [0.15, 0.2) is 18.2 Å². The Labute approximate surface area is 128 Å². The number of rotatable bonds is 2. The van der Waals surface area contributed by atoms with Crippen LogP contribution in [0.5, 0.6) is 0 Å². The van der Waals surface area contributed by atoms with Crippen LogP contribution >= 0.6 is 0 Å². The Hall–Kier alpha value is -1.14. The van der Waals surface area contributed by atoms with Gasteiger partial charge in [0.05, 0.1) is 5.56 Å². The van der Waals surface area contributed by atoms with Crippen LogP contribution in [-0.2, 0) is 6.18 Å². The fourth-order valence-corrected chi connectivity index (χ4v) is 3.13. The topological polar surface area (TPSA) is 15.3 Å². The van der Waals surface area contributed by atoms with Gasteiger partial charge in [0, 0.05) is 32.2 Å².